The number of fused-ring (bicyclic) bond motifs is 3. The molecule has 2 aliphatic carbocycles. The Labute approximate surface area is 148 Å². The number of hydrogen-bond acceptors (Lipinski definition) is 6. The number of ether oxygens (including phenoxy) is 5. The molecule has 3 heterocycles. The summed E-state index contributed by atoms with van der Waals surface area (Å²) in [5.41, 5.74) is -0.313. The van der Waals surface area contributed by atoms with Gasteiger partial charge in [-0.25, -0.2) is 0 Å². The zero-order chi connectivity index (χ0) is 17.1. The highest BCUT2D eigenvalue weighted by molar-refractivity contribution is 5.69. The highest BCUT2D eigenvalue weighted by Gasteiger charge is 2.65. The van der Waals surface area contributed by atoms with Crippen molar-refractivity contribution >= 4 is 5.97 Å². The van der Waals surface area contributed by atoms with Crippen LogP contribution in [0.15, 0.2) is 0 Å². The Bertz CT molecular complexity index is 544. The van der Waals surface area contributed by atoms with Gasteiger partial charge in [0.05, 0.1) is 43.5 Å². The second-order valence-electron chi connectivity index (χ2n) is 8.44. The first-order valence-corrected chi connectivity index (χ1v) is 9.87. The zero-order valence-electron chi connectivity index (χ0n) is 14.9. The molecule has 6 heteroatoms. The number of esters is 1. The second kappa shape index (κ2) is 5.91. The lowest BCUT2D eigenvalue weighted by molar-refractivity contribution is -0.216. The first kappa shape index (κ1) is 16.5. The van der Waals surface area contributed by atoms with Crippen molar-refractivity contribution in [3.63, 3.8) is 0 Å². The third kappa shape index (κ3) is 2.64. The Hall–Kier alpha value is -0.690. The van der Waals surface area contributed by atoms with Crippen LogP contribution in [-0.2, 0) is 28.5 Å². The van der Waals surface area contributed by atoms with Gasteiger partial charge in [0, 0.05) is 25.7 Å². The van der Waals surface area contributed by atoms with Crippen molar-refractivity contribution < 1.29 is 28.5 Å². The van der Waals surface area contributed by atoms with Gasteiger partial charge < -0.3 is 23.7 Å². The molecule has 2 bridgehead atoms. The first-order valence-electron chi connectivity index (χ1n) is 9.87. The van der Waals surface area contributed by atoms with E-state index >= 15 is 0 Å². The van der Waals surface area contributed by atoms with Gasteiger partial charge in [0.2, 0.25) is 0 Å². The average Bonchev–Trinajstić information content (AvgIpc) is 3.11. The van der Waals surface area contributed by atoms with Crippen LogP contribution in [0, 0.1) is 0 Å². The third-order valence-electron chi connectivity index (χ3n) is 6.86. The van der Waals surface area contributed by atoms with Crippen LogP contribution in [0.5, 0.6) is 0 Å². The van der Waals surface area contributed by atoms with E-state index in [2.05, 4.69) is 0 Å². The predicted molar refractivity (Wildman–Crippen MR) is 86.9 cm³/mol. The summed E-state index contributed by atoms with van der Waals surface area (Å²) in [7, 11) is 1.43. The van der Waals surface area contributed by atoms with Crippen molar-refractivity contribution in [3.05, 3.63) is 0 Å². The molecule has 6 atom stereocenters. The van der Waals surface area contributed by atoms with Gasteiger partial charge in [-0.1, -0.05) is 6.42 Å². The summed E-state index contributed by atoms with van der Waals surface area (Å²) < 4.78 is 30.6. The highest BCUT2D eigenvalue weighted by Crippen LogP contribution is 2.55. The lowest BCUT2D eigenvalue weighted by atomic mass is 9.76. The monoisotopic (exact) mass is 352 g/mol. The maximum atomic E-state index is 11.6. The van der Waals surface area contributed by atoms with Crippen LogP contribution in [0.3, 0.4) is 0 Å². The fraction of sp³-hybridized carbons (Fsp3) is 0.947. The molecule has 25 heavy (non-hydrogen) atoms. The van der Waals surface area contributed by atoms with Gasteiger partial charge in [0.15, 0.2) is 5.79 Å². The van der Waals surface area contributed by atoms with Gasteiger partial charge in [-0.3, -0.25) is 4.79 Å². The molecule has 0 aromatic heterocycles. The van der Waals surface area contributed by atoms with Crippen LogP contribution in [0.25, 0.3) is 0 Å². The van der Waals surface area contributed by atoms with E-state index in [1.165, 1.54) is 26.4 Å². The molecule has 0 aromatic rings. The van der Waals surface area contributed by atoms with Gasteiger partial charge >= 0.3 is 5.97 Å². The van der Waals surface area contributed by atoms with E-state index in [0.29, 0.717) is 6.42 Å². The Morgan fingerprint density at radius 3 is 2.64 bits per heavy atom. The average molecular weight is 352 g/mol. The lowest BCUT2D eigenvalue weighted by Gasteiger charge is -2.44. The van der Waals surface area contributed by atoms with Gasteiger partial charge in [-0.15, -0.1) is 0 Å². The molecular weight excluding hydrogens is 324 g/mol. The van der Waals surface area contributed by atoms with E-state index in [9.17, 15) is 4.79 Å². The van der Waals surface area contributed by atoms with Crippen LogP contribution in [-0.4, -0.2) is 55.0 Å². The Balaban J connectivity index is 1.33. The minimum absolute atomic E-state index is 0.0389. The summed E-state index contributed by atoms with van der Waals surface area (Å²) in [5, 5.41) is 0. The largest absolute Gasteiger partial charge is 0.469 e. The molecule has 3 aliphatic heterocycles. The summed E-state index contributed by atoms with van der Waals surface area (Å²) in [6.07, 6.45) is 9.57. The molecular formula is C19H28O6. The van der Waals surface area contributed by atoms with Crippen molar-refractivity contribution in [1.82, 2.24) is 0 Å². The van der Waals surface area contributed by atoms with E-state index in [1.807, 2.05) is 0 Å². The van der Waals surface area contributed by atoms with Crippen LogP contribution in [0.1, 0.15) is 64.2 Å². The van der Waals surface area contributed by atoms with Crippen LogP contribution >= 0.6 is 0 Å². The number of carbonyl (C=O) groups excluding carboxylic acids is 1. The number of hydrogen-bond donors (Lipinski definition) is 0. The minimum atomic E-state index is -0.381. The van der Waals surface area contributed by atoms with Crippen molar-refractivity contribution in [3.8, 4) is 0 Å². The molecule has 3 saturated heterocycles. The molecule has 0 N–H and O–H groups in total. The SMILES string of the molecule is COC(=O)CC1CC[C@@H]2OC3C[C@]2(C[C@H]2OC4(CCCCC4)O[C@@H]32)O1. The summed E-state index contributed by atoms with van der Waals surface area (Å²) in [5.74, 6) is -0.584. The molecule has 5 aliphatic rings. The van der Waals surface area contributed by atoms with Crippen LogP contribution < -0.4 is 0 Å². The summed E-state index contributed by atoms with van der Waals surface area (Å²) in [6.45, 7) is 0. The quantitative estimate of drug-likeness (QED) is 0.712. The molecule has 0 aromatic carbocycles. The van der Waals surface area contributed by atoms with E-state index in [1.54, 1.807) is 0 Å². The number of carbonyl (C=O) groups is 1. The van der Waals surface area contributed by atoms with Crippen molar-refractivity contribution in [2.24, 2.45) is 0 Å². The van der Waals surface area contributed by atoms with Gasteiger partial charge in [0.25, 0.3) is 0 Å². The molecule has 5 rings (SSSR count). The summed E-state index contributed by atoms with van der Waals surface area (Å²) in [4.78, 5) is 11.6. The second-order valence-corrected chi connectivity index (χ2v) is 8.44. The molecule has 2 spiro atoms. The smallest absolute Gasteiger partial charge is 0.308 e. The molecule has 0 amide bonds. The van der Waals surface area contributed by atoms with Crippen molar-refractivity contribution in [1.29, 1.82) is 0 Å². The third-order valence-corrected chi connectivity index (χ3v) is 6.86. The molecule has 140 valence electrons. The zero-order valence-corrected chi connectivity index (χ0v) is 14.9. The number of methoxy groups -OCH3 is 1. The molecule has 0 radical (unpaired) electrons. The van der Waals surface area contributed by atoms with E-state index in [-0.39, 0.29) is 47.9 Å². The predicted octanol–water partition coefficient (Wildman–Crippen LogP) is 2.47. The van der Waals surface area contributed by atoms with Crippen molar-refractivity contribution in [2.45, 2.75) is 106 Å². The lowest BCUT2D eigenvalue weighted by Crippen LogP contribution is -2.54. The van der Waals surface area contributed by atoms with Gasteiger partial charge in [0.1, 0.15) is 6.10 Å². The normalized spacial score (nSPS) is 47.3. The maximum absolute atomic E-state index is 11.6. The Morgan fingerprint density at radius 1 is 1.04 bits per heavy atom. The molecule has 2 unspecified atom stereocenters. The molecule has 6 nitrogen and oxygen atoms in total. The number of rotatable bonds is 2. The standard InChI is InChI=1S/C19H28O6/c1-21-16(20)9-12-5-6-15-18(23-12)10-13(22-15)17-14(11-18)24-19(25-17)7-3-2-4-8-19/h12-15,17H,2-11H2,1H3/t12?,13?,14-,15+,17+,18-/m1/s1. The van der Waals surface area contributed by atoms with Gasteiger partial charge in [-0.2, -0.15) is 0 Å². The topological polar surface area (TPSA) is 63.2 Å². The molecule has 2 saturated carbocycles. The Morgan fingerprint density at radius 2 is 1.84 bits per heavy atom. The van der Waals surface area contributed by atoms with E-state index in [0.717, 1.165) is 38.5 Å². The minimum Gasteiger partial charge on any atom is -0.469 e. The molecule has 5 fully saturated rings. The van der Waals surface area contributed by atoms with Crippen LogP contribution in [0.2, 0.25) is 0 Å². The highest BCUT2D eigenvalue weighted by atomic mass is 16.8. The fourth-order valence-corrected chi connectivity index (χ4v) is 5.74. The Kier molecular flexibility index (Phi) is 3.90. The van der Waals surface area contributed by atoms with Gasteiger partial charge in [-0.05, 0) is 25.7 Å². The fourth-order valence-electron chi connectivity index (χ4n) is 5.74. The summed E-state index contributed by atoms with van der Waals surface area (Å²) in [6, 6.07) is 0. The van der Waals surface area contributed by atoms with E-state index < -0.39 is 0 Å². The van der Waals surface area contributed by atoms with Crippen molar-refractivity contribution in [2.75, 3.05) is 7.11 Å². The maximum Gasteiger partial charge on any atom is 0.308 e. The van der Waals surface area contributed by atoms with Crippen LogP contribution in [0.4, 0.5) is 0 Å². The first-order chi connectivity index (χ1) is 12.1. The van der Waals surface area contributed by atoms with E-state index in [4.69, 9.17) is 23.7 Å². The summed E-state index contributed by atoms with van der Waals surface area (Å²) >= 11 is 0.